The smallest absolute Gasteiger partial charge is 0.335 e. The fourth-order valence-corrected chi connectivity index (χ4v) is 19.4. The van der Waals surface area contributed by atoms with Crippen molar-refractivity contribution in [2.24, 2.45) is 50.2 Å². The molecule has 11 aliphatic rings. The third-order valence-corrected chi connectivity index (χ3v) is 25.3. The molecule has 0 unspecified atom stereocenters. The summed E-state index contributed by atoms with van der Waals surface area (Å²) in [6.45, 7) is 15.4. The molecule has 0 radical (unpaired) electrons. The first-order valence-electron chi connectivity index (χ1n) is 35.3. The van der Waals surface area contributed by atoms with Crippen LogP contribution in [0.5, 0.6) is 0 Å². The van der Waals surface area contributed by atoms with E-state index in [0.717, 1.165) is 25.7 Å². The van der Waals surface area contributed by atoms with E-state index in [-0.39, 0.29) is 25.2 Å². The number of carbonyl (C=O) groups is 5. The number of ether oxygens (including phenoxy) is 14. The molecule has 6 aliphatic heterocycles. The lowest BCUT2D eigenvalue weighted by atomic mass is 9.33. The predicted octanol–water partition coefficient (Wildman–Crippen LogP) is -3.67. The number of hydrogen-bond acceptors (Lipinski definition) is 33. The maximum Gasteiger partial charge on any atom is 0.335 e. The van der Waals surface area contributed by atoms with Crippen molar-refractivity contribution in [3.05, 3.63) is 11.6 Å². The van der Waals surface area contributed by atoms with Crippen LogP contribution in [0.3, 0.4) is 0 Å². The molecule has 4 saturated carbocycles. The van der Waals surface area contributed by atoms with Crippen LogP contribution in [0.2, 0.25) is 0 Å². The summed E-state index contributed by atoms with van der Waals surface area (Å²) in [6, 6.07) is 0. The van der Waals surface area contributed by atoms with Gasteiger partial charge in [-0.1, -0.05) is 53.2 Å². The van der Waals surface area contributed by atoms with Crippen LogP contribution in [0, 0.1) is 50.2 Å². The zero-order valence-electron chi connectivity index (χ0n) is 58.7. The number of fused-ring (bicyclic) bond motifs is 7. The van der Waals surface area contributed by atoms with Crippen molar-refractivity contribution < 1.29 is 167 Å². The van der Waals surface area contributed by atoms with E-state index in [2.05, 4.69) is 40.7 Å². The summed E-state index contributed by atoms with van der Waals surface area (Å²) >= 11 is 0. The molecule has 0 aromatic carbocycles. The SMILES string of the molecule is CC(=O)OC[C@H]1O[C@@H](O[C@H]2[C@@H](OC(C)=O)[C@@H](C)O[C@@H](OC(=O)[C@]34CCC(C)(C)C[C@H]3C3=CC[C@@H]5[C@@]6(C)CC[C@H](O[C@@H]7O[C@H](C(=O)O)[C@@H](O)[C@H](O)[C@H]7O[C@@H]7O[C@H](CO)[C@H](O)[C@H](O)[C@H]7O)[C@@](C)(C=O)[C@H]6CC[C@@]5(C)[C@]3(C)C[C@H]4O)[C@@H]2O[C@@H]2O[C@@H](C)[C@H](O[C@@H]3OC[C@@H](O)[C@H](O)[C@H]3O)[C@@H](O)[C@H]2O)[C@H](O)[C@@H]1O. The van der Waals surface area contributed by atoms with Gasteiger partial charge in [0.15, 0.2) is 49.8 Å². The predicted molar refractivity (Wildman–Crippen MR) is 335 cm³/mol. The summed E-state index contributed by atoms with van der Waals surface area (Å²) in [5.41, 5.74) is -4.86. The van der Waals surface area contributed by atoms with Gasteiger partial charge in [0.2, 0.25) is 6.29 Å². The molecule has 0 aromatic heterocycles. The van der Waals surface area contributed by atoms with Gasteiger partial charge in [-0.2, -0.15) is 0 Å². The Morgan fingerprint density at radius 2 is 1.13 bits per heavy atom. The third kappa shape index (κ3) is 13.7. The Balaban J connectivity index is 0.894. The van der Waals surface area contributed by atoms with Gasteiger partial charge in [0.1, 0.15) is 122 Å². The number of rotatable bonds is 18. The van der Waals surface area contributed by atoms with Crippen molar-refractivity contribution in [3.63, 3.8) is 0 Å². The van der Waals surface area contributed by atoms with Gasteiger partial charge in [-0.3, -0.25) is 14.4 Å². The minimum atomic E-state index is -2.13. The number of hydrogen-bond donors (Lipinski definition) is 15. The summed E-state index contributed by atoms with van der Waals surface area (Å²) in [5, 5.41) is 166. The van der Waals surface area contributed by atoms with Crippen LogP contribution in [-0.2, 0) is 90.3 Å². The van der Waals surface area contributed by atoms with Gasteiger partial charge in [-0.15, -0.1) is 0 Å². The van der Waals surface area contributed by atoms with Crippen LogP contribution < -0.4 is 0 Å². The van der Waals surface area contributed by atoms with Crippen molar-refractivity contribution in [1.82, 2.24) is 0 Å². The molecular weight excluding hydrogens is 1360 g/mol. The largest absolute Gasteiger partial charge is 0.479 e. The van der Waals surface area contributed by atoms with Crippen LogP contribution in [0.4, 0.5) is 0 Å². The summed E-state index contributed by atoms with van der Waals surface area (Å²) in [5.74, 6) is -5.64. The molecule has 6 saturated heterocycles. The summed E-state index contributed by atoms with van der Waals surface area (Å²) in [7, 11) is 0. The lowest BCUT2D eigenvalue weighted by molar-refractivity contribution is -0.382. The molecule has 6 heterocycles. The van der Waals surface area contributed by atoms with Gasteiger partial charge < -0.3 is 148 Å². The standard InChI is InChI=1S/C68H104O34/c1-25-49(97-56-45(82)38(75)31(73)22-90-56)44(81)48(85)57(91-25)101-54-53(100-58-46(83)40(77)33(95-58)23-89-27(3)71)50(93-28(4)72)26(2)92-61(54)102-62(88)68-18-17-63(5,6)19-30(68)29-11-12-35-64(7)15-14-37(65(8,24-70)34(64)13-16-66(35,9)67(29,10)20-36(68)74)96-60-52(43(80)42(79)51(98-60)55(86)87)99-59-47(84)41(78)39(76)32(21-69)94-59/h11,24-26,30-54,56-61,69,73-85H,12-23H2,1-10H3,(H,86,87)/t25-,26+,30-,31+,32+,33+,34-,35+,36+,37-,38-,39-,40+,41-,42-,43-,44-,45+,46+,47+,48+,49-,50-,51-,52+,53-,54+,56-,57-,58-,59-,60+,61-,64-,65-,66+,67+,68+/m0/s1. The number of allylic oxidation sites excluding steroid dienone is 2. The third-order valence-electron chi connectivity index (χ3n) is 25.3. The van der Waals surface area contributed by atoms with Gasteiger partial charge >= 0.3 is 23.9 Å². The number of aldehydes is 1. The average Bonchev–Trinajstić information content (AvgIpc) is 0.727. The molecule has 38 atom stereocenters. The molecule has 34 nitrogen and oxygen atoms in total. The Labute approximate surface area is 588 Å². The number of aliphatic carboxylic acids is 1. The quantitative estimate of drug-likeness (QED) is 0.0207. The molecule has 0 amide bonds. The second-order valence-electron chi connectivity index (χ2n) is 31.9. The van der Waals surface area contributed by atoms with E-state index in [1.54, 1.807) is 6.92 Å². The normalized spacial score (nSPS) is 52.2. The molecule has 0 spiro atoms. The number of esters is 3. The Hall–Kier alpha value is -3.71. The van der Waals surface area contributed by atoms with Crippen LogP contribution >= 0.6 is 0 Å². The minimum Gasteiger partial charge on any atom is -0.479 e. The van der Waals surface area contributed by atoms with Gasteiger partial charge in [-0.05, 0) is 111 Å². The molecule has 0 bridgehead atoms. The van der Waals surface area contributed by atoms with E-state index in [9.17, 15) is 95.8 Å². The molecular formula is C68H104O34. The summed E-state index contributed by atoms with van der Waals surface area (Å²) in [4.78, 5) is 67.7. The fourth-order valence-electron chi connectivity index (χ4n) is 19.4. The second kappa shape index (κ2) is 29.7. The van der Waals surface area contributed by atoms with E-state index in [1.165, 1.54) is 13.8 Å². The molecule has 5 aliphatic carbocycles. The van der Waals surface area contributed by atoms with E-state index >= 15 is 4.79 Å². The van der Waals surface area contributed by atoms with E-state index in [4.69, 9.17) is 66.3 Å². The topological polar surface area (TPSA) is 518 Å². The minimum absolute atomic E-state index is 0.0164. The first-order chi connectivity index (χ1) is 47.7. The van der Waals surface area contributed by atoms with Crippen molar-refractivity contribution in [2.75, 3.05) is 19.8 Å². The first kappa shape index (κ1) is 79.3. The lowest BCUT2D eigenvalue weighted by Gasteiger charge is -2.71. The van der Waals surface area contributed by atoms with Crippen LogP contribution in [0.15, 0.2) is 11.6 Å². The molecule has 10 fully saturated rings. The molecule has 0 aromatic rings. The van der Waals surface area contributed by atoms with E-state index in [0.29, 0.717) is 38.5 Å². The molecule has 15 N–H and O–H groups in total. The highest BCUT2D eigenvalue weighted by molar-refractivity contribution is 5.80. The van der Waals surface area contributed by atoms with Gasteiger partial charge in [0.25, 0.3) is 0 Å². The molecule has 102 heavy (non-hydrogen) atoms. The van der Waals surface area contributed by atoms with Crippen molar-refractivity contribution in [1.29, 1.82) is 0 Å². The highest BCUT2D eigenvalue weighted by Crippen LogP contribution is 2.76. The Bertz CT molecular complexity index is 3050. The zero-order valence-corrected chi connectivity index (χ0v) is 58.7. The van der Waals surface area contributed by atoms with Gasteiger partial charge in [0.05, 0.1) is 43.0 Å². The Kier molecular flexibility index (Phi) is 23.1. The Morgan fingerprint density at radius 1 is 0.549 bits per heavy atom. The highest BCUT2D eigenvalue weighted by atomic mass is 16.8. The average molecular weight is 1470 g/mol. The number of aliphatic hydroxyl groups is 14. The first-order valence-corrected chi connectivity index (χ1v) is 35.3. The monoisotopic (exact) mass is 1460 g/mol. The number of carbonyl (C=O) groups excluding carboxylic acids is 4. The highest BCUT2D eigenvalue weighted by Gasteiger charge is 2.73. The molecule has 580 valence electrons. The van der Waals surface area contributed by atoms with Crippen LogP contribution in [-0.4, -0.2) is 311 Å². The number of aliphatic hydroxyl groups excluding tert-OH is 14. The second-order valence-corrected chi connectivity index (χ2v) is 31.9. The maximum absolute atomic E-state index is 16.2. The van der Waals surface area contributed by atoms with Crippen LogP contribution in [0.25, 0.3) is 0 Å². The zero-order chi connectivity index (χ0) is 74.7. The summed E-state index contributed by atoms with van der Waals surface area (Å²) < 4.78 is 84.3. The van der Waals surface area contributed by atoms with E-state index < -0.39 is 272 Å². The summed E-state index contributed by atoms with van der Waals surface area (Å²) in [6.07, 6.45) is -46.7. The maximum atomic E-state index is 16.2. The molecule has 34 heteroatoms. The van der Waals surface area contributed by atoms with E-state index in [1.807, 2.05) is 0 Å². The molecule has 11 rings (SSSR count). The fraction of sp³-hybridized carbons (Fsp3) is 0.897. The lowest BCUT2D eigenvalue weighted by Crippen LogP contribution is -2.69. The van der Waals surface area contributed by atoms with Gasteiger partial charge in [0, 0.05) is 13.8 Å². The van der Waals surface area contributed by atoms with Crippen LogP contribution in [0.1, 0.15) is 127 Å². The van der Waals surface area contributed by atoms with Crippen molar-refractivity contribution >= 4 is 30.2 Å². The van der Waals surface area contributed by atoms with Gasteiger partial charge in [-0.25, -0.2) is 4.79 Å². The number of carboxylic acids is 1. The Morgan fingerprint density at radius 3 is 1.77 bits per heavy atom. The van der Waals surface area contributed by atoms with Crippen molar-refractivity contribution in [2.45, 2.75) is 311 Å². The van der Waals surface area contributed by atoms with Crippen molar-refractivity contribution in [3.8, 4) is 0 Å². The number of carboxylic acid groups (broad SMARTS) is 1.